The molecular weight excluding hydrogens is 422 g/mol. The minimum atomic E-state index is -3.02. The third kappa shape index (κ3) is 1.94. The van der Waals surface area contributed by atoms with Gasteiger partial charge in [0.15, 0.2) is 12.1 Å². The van der Waals surface area contributed by atoms with E-state index in [0.717, 1.165) is 49.4 Å². The standard InChI is InChI=1S/C24H23N5O2S/c1-28-19-9-8-16(11-15(19)12-25-28)32(31)26-20-22-23(20)29(22,24(30)27-32)21-17-6-2-4-13(17)10-14-5-3-7-18(14)21/h8-12,20,22-23H,2-7H2,1H3/p+1/t20?,22-,23?,29?,32?/m1/s1. The quantitative estimate of drug-likeness (QED) is 0.485. The number of hydrogen-bond acceptors (Lipinski definition) is 3. The number of hydrogen-bond donors (Lipinski definition) is 1. The molecule has 1 N–H and O–H groups in total. The Morgan fingerprint density at radius 3 is 2.50 bits per heavy atom. The molecule has 7 nitrogen and oxygen atoms in total. The van der Waals surface area contributed by atoms with E-state index in [-0.39, 0.29) is 24.2 Å². The molecule has 4 heterocycles. The van der Waals surface area contributed by atoms with Crippen molar-refractivity contribution in [3.8, 4) is 0 Å². The van der Waals surface area contributed by atoms with Gasteiger partial charge in [-0.25, -0.2) is 13.7 Å². The summed E-state index contributed by atoms with van der Waals surface area (Å²) in [5.41, 5.74) is 7.87. The average Bonchev–Trinajstić information content (AvgIpc) is 3.40. The van der Waals surface area contributed by atoms with E-state index in [0.29, 0.717) is 9.38 Å². The normalized spacial score (nSPS) is 35.8. The fourth-order valence-corrected chi connectivity index (χ4v) is 8.75. The Kier molecular flexibility index (Phi) is 3.08. The number of urea groups is 1. The van der Waals surface area contributed by atoms with Gasteiger partial charge in [-0.2, -0.15) is 9.58 Å². The van der Waals surface area contributed by atoms with E-state index in [9.17, 15) is 9.00 Å². The van der Waals surface area contributed by atoms with Gasteiger partial charge < -0.3 is 0 Å². The molecule has 4 unspecified atom stereocenters. The van der Waals surface area contributed by atoms with Crippen LogP contribution < -0.4 is 9.21 Å². The maximum atomic E-state index is 14.0. The van der Waals surface area contributed by atoms with E-state index in [1.54, 1.807) is 10.9 Å². The number of nitrogens with zero attached hydrogens (tertiary/aromatic N) is 4. The molecule has 3 aromatic rings. The van der Waals surface area contributed by atoms with Crippen LogP contribution in [0.2, 0.25) is 0 Å². The first-order valence-corrected chi connectivity index (χ1v) is 13.1. The van der Waals surface area contributed by atoms with Crippen molar-refractivity contribution in [1.82, 2.24) is 19.0 Å². The van der Waals surface area contributed by atoms with Crippen LogP contribution in [0.5, 0.6) is 0 Å². The van der Waals surface area contributed by atoms with Gasteiger partial charge in [0.2, 0.25) is 0 Å². The zero-order valence-electron chi connectivity index (χ0n) is 17.9. The van der Waals surface area contributed by atoms with E-state index in [1.165, 1.54) is 27.9 Å². The highest BCUT2D eigenvalue weighted by Crippen LogP contribution is 2.66. The summed E-state index contributed by atoms with van der Waals surface area (Å²) >= 11 is 0. The topological polar surface area (TPSA) is 76.3 Å². The van der Waals surface area contributed by atoms with Crippen LogP contribution in [0.4, 0.5) is 10.5 Å². The van der Waals surface area contributed by atoms with E-state index in [2.05, 4.69) is 20.2 Å². The van der Waals surface area contributed by atoms with Gasteiger partial charge >= 0.3 is 6.03 Å². The predicted molar refractivity (Wildman–Crippen MR) is 122 cm³/mol. The molecule has 1 saturated carbocycles. The minimum Gasteiger partial charge on any atom is -0.268 e. The molecule has 3 aliphatic carbocycles. The van der Waals surface area contributed by atoms with E-state index >= 15 is 0 Å². The highest BCUT2D eigenvalue weighted by molar-refractivity contribution is 7.92. The Labute approximate surface area is 186 Å². The molecule has 5 atom stereocenters. The number of nitrogens with one attached hydrogen (secondary N) is 1. The van der Waals surface area contributed by atoms with Gasteiger partial charge in [0.1, 0.15) is 21.6 Å². The van der Waals surface area contributed by atoms with Gasteiger partial charge in [-0.3, -0.25) is 4.68 Å². The zero-order chi connectivity index (χ0) is 21.4. The van der Waals surface area contributed by atoms with Crippen LogP contribution in [0.15, 0.2) is 39.7 Å². The van der Waals surface area contributed by atoms with Crippen molar-refractivity contribution in [1.29, 1.82) is 0 Å². The maximum Gasteiger partial charge on any atom is 0.458 e. The SMILES string of the molecule is Cn1ncc2cc(S3(=O)=NC(=O)[N+]4(c5c6c(cc7c5CCC7)CCC6)C5C(N3)[C@H]54)ccc21. The lowest BCUT2D eigenvalue weighted by Crippen LogP contribution is -2.49. The van der Waals surface area contributed by atoms with E-state index in [4.69, 9.17) is 0 Å². The van der Waals surface area contributed by atoms with Gasteiger partial charge in [0.05, 0.1) is 16.6 Å². The number of amides is 2. The summed E-state index contributed by atoms with van der Waals surface area (Å²) in [5.74, 6) is 0. The lowest BCUT2D eigenvalue weighted by atomic mass is 9.97. The maximum absolute atomic E-state index is 14.0. The van der Waals surface area contributed by atoms with Crippen molar-refractivity contribution < 1.29 is 9.00 Å². The average molecular weight is 447 g/mol. The summed E-state index contributed by atoms with van der Waals surface area (Å²) < 4.78 is 23.9. The Bertz CT molecular complexity index is 1490. The highest BCUT2D eigenvalue weighted by Gasteiger charge is 2.95. The third-order valence-corrected chi connectivity index (χ3v) is 10.4. The number of aryl methyl sites for hydroxylation is 3. The van der Waals surface area contributed by atoms with Crippen molar-refractivity contribution >= 4 is 32.5 Å². The van der Waals surface area contributed by atoms with Gasteiger partial charge in [-0.05, 0) is 67.9 Å². The fraction of sp³-hybridized carbons (Fsp3) is 0.417. The van der Waals surface area contributed by atoms with Gasteiger partial charge in [0, 0.05) is 23.6 Å². The summed E-state index contributed by atoms with van der Waals surface area (Å²) in [7, 11) is -1.14. The number of quaternary nitrogens is 1. The molecule has 1 saturated heterocycles. The first-order chi connectivity index (χ1) is 15.5. The van der Waals surface area contributed by atoms with Crippen molar-refractivity contribution in [2.75, 3.05) is 0 Å². The number of fused-ring (bicyclic) bond motifs is 5. The first-order valence-electron chi connectivity index (χ1n) is 11.6. The van der Waals surface area contributed by atoms with Crippen LogP contribution in [0.3, 0.4) is 0 Å². The summed E-state index contributed by atoms with van der Waals surface area (Å²) in [5, 5.41) is 5.19. The molecule has 2 amide bonds. The molecule has 2 fully saturated rings. The summed E-state index contributed by atoms with van der Waals surface area (Å²) in [6.45, 7) is 0. The number of carbonyl (C=O) groups excluding carboxylic acids is 1. The van der Waals surface area contributed by atoms with E-state index < -0.39 is 9.92 Å². The Hall–Kier alpha value is -2.55. The first kappa shape index (κ1) is 17.9. The molecule has 2 bridgehead atoms. The molecule has 3 aliphatic heterocycles. The van der Waals surface area contributed by atoms with E-state index in [1.807, 2.05) is 25.2 Å². The molecule has 9 rings (SSSR count). The molecule has 6 aliphatic rings. The summed E-state index contributed by atoms with van der Waals surface area (Å²) in [6.07, 6.45) is 8.41. The monoisotopic (exact) mass is 446 g/mol. The molecule has 8 heteroatoms. The molecule has 1 aromatic heterocycles. The largest absolute Gasteiger partial charge is 0.458 e. The molecule has 2 aromatic carbocycles. The van der Waals surface area contributed by atoms with Crippen molar-refractivity contribution in [2.24, 2.45) is 11.4 Å². The van der Waals surface area contributed by atoms with Crippen LogP contribution in [-0.2, 0) is 42.6 Å². The van der Waals surface area contributed by atoms with Gasteiger partial charge in [-0.1, -0.05) is 10.4 Å². The molecule has 0 radical (unpaired) electrons. The summed E-state index contributed by atoms with van der Waals surface area (Å²) in [4.78, 5) is 14.4. The third-order valence-electron chi connectivity index (χ3n) is 8.46. The van der Waals surface area contributed by atoms with Gasteiger partial charge in [0.25, 0.3) is 0 Å². The minimum absolute atomic E-state index is 0.0941. The molecule has 0 spiro atoms. The van der Waals surface area contributed by atoms with Crippen LogP contribution in [-0.4, -0.2) is 38.1 Å². The van der Waals surface area contributed by atoms with Crippen molar-refractivity contribution in [3.63, 3.8) is 0 Å². The predicted octanol–water partition coefficient (Wildman–Crippen LogP) is 3.16. The molecule has 32 heavy (non-hydrogen) atoms. The Balaban J connectivity index is 1.31. The second-order valence-electron chi connectivity index (χ2n) is 10.00. The Morgan fingerprint density at radius 2 is 1.78 bits per heavy atom. The zero-order valence-corrected chi connectivity index (χ0v) is 18.7. The number of rotatable bonds is 2. The number of carbonyl (C=O) groups is 1. The van der Waals surface area contributed by atoms with Gasteiger partial charge in [-0.15, -0.1) is 0 Å². The van der Waals surface area contributed by atoms with Crippen LogP contribution >= 0.6 is 0 Å². The Morgan fingerprint density at radius 1 is 1.06 bits per heavy atom. The smallest absolute Gasteiger partial charge is 0.268 e. The molecular formula is C24H24N5O2S+. The fourth-order valence-electron chi connectivity index (χ4n) is 6.92. The second-order valence-corrected chi connectivity index (χ2v) is 11.9. The van der Waals surface area contributed by atoms with Crippen LogP contribution in [0.25, 0.3) is 10.9 Å². The highest BCUT2D eigenvalue weighted by atomic mass is 32.2. The summed E-state index contributed by atoms with van der Waals surface area (Å²) in [6, 6.07) is 8.26. The molecule has 162 valence electrons. The van der Waals surface area contributed by atoms with Crippen molar-refractivity contribution in [3.05, 3.63) is 52.7 Å². The van der Waals surface area contributed by atoms with Crippen LogP contribution in [0, 0.1) is 0 Å². The number of benzene rings is 2. The van der Waals surface area contributed by atoms with Crippen molar-refractivity contribution in [2.45, 2.75) is 61.5 Å². The lowest BCUT2D eigenvalue weighted by Gasteiger charge is -2.26. The van der Waals surface area contributed by atoms with Crippen LogP contribution in [0.1, 0.15) is 35.1 Å². The lowest BCUT2D eigenvalue weighted by molar-refractivity contribution is 0.227. The second kappa shape index (κ2) is 5.50. The number of aromatic nitrogens is 2.